The van der Waals surface area contributed by atoms with Crippen molar-refractivity contribution in [3.63, 3.8) is 0 Å². The second-order valence-electron chi connectivity index (χ2n) is 8.16. The number of carbonyl (C=O) groups excluding carboxylic acids is 2. The third-order valence-electron chi connectivity index (χ3n) is 5.91. The summed E-state index contributed by atoms with van der Waals surface area (Å²) in [5, 5.41) is 1.09. The maximum absolute atomic E-state index is 13.1. The highest BCUT2D eigenvalue weighted by Crippen LogP contribution is 2.38. The number of ether oxygens (including phenoxy) is 3. The molecule has 2 amide bonds. The lowest BCUT2D eigenvalue weighted by molar-refractivity contribution is -0.113. The fraction of sp³-hybridized carbons (Fsp3) is 0.111. The number of imide groups is 1. The van der Waals surface area contributed by atoms with Crippen molar-refractivity contribution in [3.05, 3.63) is 88.4 Å². The van der Waals surface area contributed by atoms with E-state index in [0.717, 1.165) is 33.1 Å². The Bertz CT molecular complexity index is 1550. The summed E-state index contributed by atoms with van der Waals surface area (Å²) in [6.07, 6.45) is 3.74. The second kappa shape index (κ2) is 9.29. The first kappa shape index (κ1) is 22.6. The molecule has 2 aliphatic heterocycles. The zero-order chi connectivity index (χ0) is 24.6. The Kier molecular flexibility index (Phi) is 5.83. The zero-order valence-electron chi connectivity index (χ0n) is 18.8. The largest absolute Gasteiger partial charge is 0.492 e. The first-order chi connectivity index (χ1) is 17.6. The Hall–Kier alpha value is -3.88. The van der Waals surface area contributed by atoms with Gasteiger partial charge in [-0.3, -0.25) is 9.59 Å². The van der Waals surface area contributed by atoms with Crippen molar-refractivity contribution >= 4 is 57.2 Å². The number of amides is 2. The Morgan fingerprint density at radius 3 is 2.75 bits per heavy atom. The number of para-hydroxylation sites is 1. The fourth-order valence-electron chi connectivity index (χ4n) is 4.25. The van der Waals surface area contributed by atoms with Gasteiger partial charge in [-0.1, -0.05) is 35.9 Å². The SMILES string of the molecule is O=C1S/C(=C\c2cn(CCOc3ccc4c(c3)OCO4)c3ccccc23)C(=O)N1c1cccc(Cl)c1. The lowest BCUT2D eigenvalue weighted by Gasteiger charge is -2.12. The number of nitrogens with zero attached hydrogens (tertiary/aromatic N) is 2. The van der Waals surface area contributed by atoms with Gasteiger partial charge in [0.05, 0.1) is 17.1 Å². The van der Waals surface area contributed by atoms with Gasteiger partial charge in [0.2, 0.25) is 6.79 Å². The normalized spacial score (nSPS) is 15.9. The maximum Gasteiger partial charge on any atom is 0.298 e. The summed E-state index contributed by atoms with van der Waals surface area (Å²) < 4.78 is 18.8. The highest BCUT2D eigenvalue weighted by molar-refractivity contribution is 8.19. The van der Waals surface area contributed by atoms with E-state index in [1.54, 1.807) is 30.3 Å². The lowest BCUT2D eigenvalue weighted by Crippen LogP contribution is -2.27. The van der Waals surface area contributed by atoms with Gasteiger partial charge in [0, 0.05) is 33.8 Å². The van der Waals surface area contributed by atoms with E-state index in [0.29, 0.717) is 46.0 Å². The minimum atomic E-state index is -0.366. The zero-order valence-corrected chi connectivity index (χ0v) is 20.4. The van der Waals surface area contributed by atoms with E-state index in [1.807, 2.05) is 48.7 Å². The summed E-state index contributed by atoms with van der Waals surface area (Å²) >= 11 is 6.98. The quantitative estimate of drug-likeness (QED) is 0.277. The number of fused-ring (bicyclic) bond motifs is 2. The Morgan fingerprint density at radius 1 is 1.00 bits per heavy atom. The van der Waals surface area contributed by atoms with Crippen molar-refractivity contribution in [1.29, 1.82) is 0 Å². The van der Waals surface area contributed by atoms with Crippen molar-refractivity contribution in [3.8, 4) is 17.2 Å². The first-order valence-corrected chi connectivity index (χ1v) is 12.4. The predicted octanol–water partition coefficient (Wildman–Crippen LogP) is 6.34. The average Bonchev–Trinajstić information content (AvgIpc) is 3.55. The molecule has 4 aromatic rings. The molecule has 180 valence electrons. The molecule has 6 rings (SSSR count). The Balaban J connectivity index is 1.24. The van der Waals surface area contributed by atoms with Gasteiger partial charge >= 0.3 is 0 Å². The maximum atomic E-state index is 13.1. The molecule has 0 unspecified atom stereocenters. The van der Waals surface area contributed by atoms with E-state index in [4.69, 9.17) is 25.8 Å². The summed E-state index contributed by atoms with van der Waals surface area (Å²) in [6.45, 7) is 1.24. The van der Waals surface area contributed by atoms with Crippen LogP contribution in [0.1, 0.15) is 5.56 Å². The van der Waals surface area contributed by atoms with Gasteiger partial charge in [-0.2, -0.15) is 0 Å². The number of thioether (sulfide) groups is 1. The molecule has 0 saturated carbocycles. The Morgan fingerprint density at radius 2 is 1.86 bits per heavy atom. The summed E-state index contributed by atoms with van der Waals surface area (Å²) in [5.74, 6) is 1.72. The van der Waals surface area contributed by atoms with Gasteiger partial charge in [-0.05, 0) is 54.2 Å². The molecule has 2 aliphatic rings. The molecule has 1 saturated heterocycles. The van der Waals surface area contributed by atoms with Crippen molar-refractivity contribution in [2.45, 2.75) is 6.54 Å². The molecule has 3 aromatic carbocycles. The van der Waals surface area contributed by atoms with Gasteiger partial charge in [-0.15, -0.1) is 0 Å². The third kappa shape index (κ3) is 4.19. The van der Waals surface area contributed by atoms with Crippen LogP contribution in [0, 0.1) is 0 Å². The van der Waals surface area contributed by atoms with Crippen molar-refractivity contribution in [2.24, 2.45) is 0 Å². The number of anilines is 1. The summed E-state index contributed by atoms with van der Waals surface area (Å²) in [5.41, 5.74) is 2.31. The summed E-state index contributed by atoms with van der Waals surface area (Å²) in [4.78, 5) is 27.3. The van der Waals surface area contributed by atoms with Crippen molar-refractivity contribution in [1.82, 2.24) is 4.57 Å². The van der Waals surface area contributed by atoms with Crippen LogP contribution in [0.5, 0.6) is 17.2 Å². The van der Waals surface area contributed by atoms with Crippen LogP contribution < -0.4 is 19.1 Å². The number of hydrogen-bond donors (Lipinski definition) is 0. The van der Waals surface area contributed by atoms with Crippen LogP contribution in [0.25, 0.3) is 17.0 Å². The fourth-order valence-corrected chi connectivity index (χ4v) is 5.27. The highest BCUT2D eigenvalue weighted by atomic mass is 35.5. The summed E-state index contributed by atoms with van der Waals surface area (Å²) in [7, 11) is 0. The van der Waals surface area contributed by atoms with Crippen LogP contribution in [0.4, 0.5) is 10.5 Å². The molecule has 0 bridgehead atoms. The molecule has 7 nitrogen and oxygen atoms in total. The van der Waals surface area contributed by atoms with Crippen molar-refractivity contribution < 1.29 is 23.8 Å². The molecular weight excluding hydrogens is 500 g/mol. The van der Waals surface area contributed by atoms with Gasteiger partial charge in [0.25, 0.3) is 11.1 Å². The molecule has 0 spiro atoms. The second-order valence-corrected chi connectivity index (χ2v) is 9.59. The Labute approximate surface area is 215 Å². The van der Waals surface area contributed by atoms with Crippen LogP contribution >= 0.6 is 23.4 Å². The number of benzene rings is 3. The number of aromatic nitrogens is 1. The molecule has 1 fully saturated rings. The smallest absolute Gasteiger partial charge is 0.298 e. The topological polar surface area (TPSA) is 70.0 Å². The van der Waals surface area contributed by atoms with E-state index in [9.17, 15) is 9.59 Å². The van der Waals surface area contributed by atoms with Gasteiger partial charge in [0.15, 0.2) is 11.5 Å². The van der Waals surface area contributed by atoms with Gasteiger partial charge in [-0.25, -0.2) is 4.90 Å². The van der Waals surface area contributed by atoms with Crippen LogP contribution in [-0.2, 0) is 11.3 Å². The minimum absolute atomic E-state index is 0.218. The van der Waals surface area contributed by atoms with E-state index < -0.39 is 0 Å². The third-order valence-corrected chi connectivity index (χ3v) is 7.02. The van der Waals surface area contributed by atoms with E-state index in [-0.39, 0.29) is 17.9 Å². The van der Waals surface area contributed by atoms with E-state index in [1.165, 1.54) is 0 Å². The van der Waals surface area contributed by atoms with Gasteiger partial charge in [0.1, 0.15) is 12.4 Å². The minimum Gasteiger partial charge on any atom is -0.492 e. The predicted molar refractivity (Wildman–Crippen MR) is 140 cm³/mol. The van der Waals surface area contributed by atoms with Crippen molar-refractivity contribution in [2.75, 3.05) is 18.3 Å². The number of halogens is 1. The standard InChI is InChI=1S/C27H19ClN2O5S/c28-18-4-3-5-19(13-18)30-26(31)25(36-27(30)32)12-17-15-29(22-7-2-1-6-21(17)22)10-11-33-20-8-9-23-24(14-20)35-16-34-23/h1-9,12-15H,10-11,16H2/b25-12-. The molecule has 1 aromatic heterocycles. The number of hydrogen-bond acceptors (Lipinski definition) is 6. The molecule has 3 heterocycles. The molecule has 0 aliphatic carbocycles. The summed E-state index contributed by atoms with van der Waals surface area (Å²) in [6, 6.07) is 20.1. The van der Waals surface area contributed by atoms with Gasteiger partial charge < -0.3 is 18.8 Å². The van der Waals surface area contributed by atoms with E-state index >= 15 is 0 Å². The molecule has 0 N–H and O–H groups in total. The van der Waals surface area contributed by atoms with Crippen LogP contribution in [0.3, 0.4) is 0 Å². The molecular formula is C27H19ClN2O5S. The molecule has 36 heavy (non-hydrogen) atoms. The lowest BCUT2D eigenvalue weighted by atomic mass is 10.1. The van der Waals surface area contributed by atoms with Crippen LogP contribution in [-0.4, -0.2) is 29.1 Å². The van der Waals surface area contributed by atoms with Crippen LogP contribution in [0.15, 0.2) is 77.8 Å². The monoisotopic (exact) mass is 518 g/mol. The number of rotatable bonds is 6. The van der Waals surface area contributed by atoms with Crippen LogP contribution in [0.2, 0.25) is 5.02 Å². The molecule has 0 radical (unpaired) electrons. The van der Waals surface area contributed by atoms with E-state index in [2.05, 4.69) is 4.57 Å². The molecule has 9 heteroatoms. The molecule has 0 atom stereocenters. The highest BCUT2D eigenvalue weighted by Gasteiger charge is 2.36. The first-order valence-electron chi connectivity index (χ1n) is 11.2. The number of carbonyl (C=O) groups is 2. The average molecular weight is 519 g/mol.